The number of hydrogen-bond donors (Lipinski definition) is 0. The van der Waals surface area contributed by atoms with Gasteiger partial charge in [0.15, 0.2) is 0 Å². The maximum absolute atomic E-state index is 11.3. The van der Waals surface area contributed by atoms with E-state index in [1.165, 1.54) is 84.0 Å². The largest absolute Gasteiger partial charge is 1.00 e. The van der Waals surface area contributed by atoms with Crippen LogP contribution in [0.3, 0.4) is 0 Å². The van der Waals surface area contributed by atoms with E-state index in [0.29, 0.717) is 0 Å². The summed E-state index contributed by atoms with van der Waals surface area (Å²) < 4.78 is 4.44. The van der Waals surface area contributed by atoms with Gasteiger partial charge in [0.1, 0.15) is 0 Å². The van der Waals surface area contributed by atoms with Crippen LogP contribution < -0.4 is 56.5 Å². The van der Waals surface area contributed by atoms with E-state index >= 15 is 0 Å². The molecule has 0 amide bonds. The third-order valence-electron chi connectivity index (χ3n) is 4.53. The fourth-order valence-corrected chi connectivity index (χ4v) is 2.89. The maximum atomic E-state index is 11.3. The Morgan fingerprint density at radius 2 is 1.08 bits per heavy atom. The van der Waals surface area contributed by atoms with Crippen LogP contribution in [-0.2, 0) is 14.3 Å². The number of rotatable bonds is 17. The predicted octanol–water partition coefficient (Wildman–Crippen LogP) is 2.07. The molecule has 5 heteroatoms. The molecule has 1 unspecified atom stereocenters. The predicted molar refractivity (Wildman–Crippen MR) is 100 cm³/mol. The molecule has 0 saturated carbocycles. The Hall–Kier alpha value is 0.736. The molecule has 0 rings (SSSR count). The summed E-state index contributed by atoms with van der Waals surface area (Å²) in [6.45, 7) is 3.44. The van der Waals surface area contributed by atoms with Crippen molar-refractivity contribution in [1.29, 1.82) is 0 Å². The second-order valence-corrected chi connectivity index (χ2v) is 7.14. The second-order valence-electron chi connectivity index (χ2n) is 7.14. The van der Waals surface area contributed by atoms with Crippen molar-refractivity contribution in [2.24, 2.45) is 0 Å². The third kappa shape index (κ3) is 21.0. The van der Waals surface area contributed by atoms with Crippen molar-refractivity contribution < 1.29 is 70.8 Å². The molecule has 0 aliphatic carbocycles. The minimum absolute atomic E-state index is 0. The van der Waals surface area contributed by atoms with Gasteiger partial charge in [0.25, 0.3) is 5.97 Å². The molecule has 0 aromatic heterocycles. The molecule has 0 bridgehead atoms. The second kappa shape index (κ2) is 22.0. The van der Waals surface area contributed by atoms with Gasteiger partial charge in [0.05, 0.1) is 0 Å². The van der Waals surface area contributed by atoms with Crippen LogP contribution in [0.2, 0.25) is 0 Å². The molecule has 0 fully saturated rings. The first-order chi connectivity index (χ1) is 12.1. The zero-order chi connectivity index (χ0) is 18.8. The Bertz CT molecular complexity index is 332. The van der Waals surface area contributed by atoms with Gasteiger partial charge in [-0.25, -0.2) is 0 Å². The van der Waals surface area contributed by atoms with E-state index in [2.05, 4.69) is 11.7 Å². The van der Waals surface area contributed by atoms with E-state index in [4.69, 9.17) is 0 Å². The molecular formula is C21H39KO4. The van der Waals surface area contributed by atoms with Gasteiger partial charge in [-0.05, 0) is 12.5 Å². The summed E-state index contributed by atoms with van der Waals surface area (Å²) in [4.78, 5) is 22.3. The molecular weight excluding hydrogens is 355 g/mol. The molecule has 26 heavy (non-hydrogen) atoms. The van der Waals surface area contributed by atoms with Gasteiger partial charge in [0, 0.05) is 6.42 Å². The van der Waals surface area contributed by atoms with Crippen molar-refractivity contribution >= 4 is 11.9 Å². The number of unbranched alkanes of at least 4 members (excludes halogenated alkanes) is 14. The minimum atomic E-state index is -1.48. The summed E-state index contributed by atoms with van der Waals surface area (Å²) in [6, 6.07) is 0. The fraction of sp³-hybridized carbons (Fsp3) is 0.905. The standard InChI is InChI=1S/C21H39O4.K/c1-3-4-5-6-7-8-9-10-11-12-13-14-15-16-17-18-20(23)25-21(24)19(2)22;/h19H,3-18H2,1-2H3;/q-1;+1. The molecule has 0 aromatic carbocycles. The summed E-state index contributed by atoms with van der Waals surface area (Å²) >= 11 is 0. The number of ether oxygens (including phenoxy) is 1. The maximum Gasteiger partial charge on any atom is 1.00 e. The first-order valence-electron chi connectivity index (χ1n) is 10.5. The zero-order valence-electron chi connectivity index (χ0n) is 17.5. The number of hydrogen-bond acceptors (Lipinski definition) is 4. The van der Waals surface area contributed by atoms with Gasteiger partial charge in [-0.15, -0.1) is 0 Å². The van der Waals surface area contributed by atoms with Crippen LogP contribution in [-0.4, -0.2) is 18.0 Å². The average Bonchev–Trinajstić information content (AvgIpc) is 2.58. The molecule has 0 heterocycles. The topological polar surface area (TPSA) is 66.4 Å². The van der Waals surface area contributed by atoms with Crippen LogP contribution in [0.15, 0.2) is 0 Å². The van der Waals surface area contributed by atoms with E-state index in [1.807, 2.05) is 0 Å². The van der Waals surface area contributed by atoms with Crippen LogP contribution in [0, 0.1) is 0 Å². The van der Waals surface area contributed by atoms with E-state index in [1.54, 1.807) is 0 Å². The van der Waals surface area contributed by atoms with E-state index in [0.717, 1.165) is 19.3 Å². The molecule has 0 aliphatic heterocycles. The Balaban J connectivity index is 0. The van der Waals surface area contributed by atoms with Gasteiger partial charge < -0.3 is 9.84 Å². The van der Waals surface area contributed by atoms with Gasteiger partial charge in [-0.1, -0.05) is 104 Å². The molecule has 0 aliphatic rings. The molecule has 4 nitrogen and oxygen atoms in total. The molecule has 1 atom stereocenters. The number of carbonyl (C=O) groups is 2. The normalized spacial score (nSPS) is 11.7. The molecule has 0 aromatic rings. The van der Waals surface area contributed by atoms with Crippen molar-refractivity contribution in [2.45, 2.75) is 123 Å². The van der Waals surface area contributed by atoms with Gasteiger partial charge in [-0.2, -0.15) is 0 Å². The van der Waals surface area contributed by atoms with Crippen molar-refractivity contribution in [2.75, 3.05) is 0 Å². The van der Waals surface area contributed by atoms with Crippen LogP contribution >= 0.6 is 0 Å². The summed E-state index contributed by atoms with van der Waals surface area (Å²) in [6.07, 6.45) is 17.8. The monoisotopic (exact) mass is 394 g/mol. The van der Waals surface area contributed by atoms with Crippen LogP contribution in [0.5, 0.6) is 0 Å². The van der Waals surface area contributed by atoms with E-state index in [9.17, 15) is 14.7 Å². The first-order valence-corrected chi connectivity index (χ1v) is 10.5. The number of carbonyl (C=O) groups excluding carboxylic acids is 2. The zero-order valence-corrected chi connectivity index (χ0v) is 20.6. The molecule has 0 N–H and O–H groups in total. The van der Waals surface area contributed by atoms with Crippen LogP contribution in [0.4, 0.5) is 0 Å². The first kappa shape index (κ1) is 28.9. The summed E-state index contributed by atoms with van der Waals surface area (Å²) in [5, 5.41) is 10.7. The summed E-state index contributed by atoms with van der Waals surface area (Å²) in [5.41, 5.74) is 0. The summed E-state index contributed by atoms with van der Waals surface area (Å²) in [5.74, 6) is -1.53. The van der Waals surface area contributed by atoms with Crippen molar-refractivity contribution in [3.63, 3.8) is 0 Å². The Labute approximate surface area is 203 Å². The van der Waals surface area contributed by atoms with Crippen molar-refractivity contribution in [1.82, 2.24) is 0 Å². The molecule has 0 spiro atoms. The van der Waals surface area contributed by atoms with Crippen molar-refractivity contribution in [3.05, 3.63) is 0 Å². The fourth-order valence-electron chi connectivity index (χ4n) is 2.89. The third-order valence-corrected chi connectivity index (χ3v) is 4.53. The van der Waals surface area contributed by atoms with Crippen molar-refractivity contribution in [3.8, 4) is 0 Å². The Kier molecular flexibility index (Phi) is 24.5. The van der Waals surface area contributed by atoms with Gasteiger partial charge >= 0.3 is 57.4 Å². The summed E-state index contributed by atoms with van der Waals surface area (Å²) in [7, 11) is 0. The number of esters is 2. The SMILES string of the molecule is CCCCCCCCCCCCCCCCCC(=O)OC(=O)C(C)[O-].[K+]. The van der Waals surface area contributed by atoms with E-state index in [-0.39, 0.29) is 57.8 Å². The molecule has 0 saturated heterocycles. The van der Waals surface area contributed by atoms with Gasteiger partial charge in [-0.3, -0.25) is 9.59 Å². The quantitative estimate of drug-likeness (QED) is 0.164. The van der Waals surface area contributed by atoms with Crippen LogP contribution in [0.1, 0.15) is 117 Å². The van der Waals surface area contributed by atoms with Crippen LogP contribution in [0.25, 0.3) is 0 Å². The van der Waals surface area contributed by atoms with E-state index < -0.39 is 18.0 Å². The molecule has 148 valence electrons. The average molecular weight is 395 g/mol. The molecule has 0 radical (unpaired) electrons. The smallest absolute Gasteiger partial charge is 0.844 e. The Morgan fingerprint density at radius 3 is 1.42 bits per heavy atom. The minimum Gasteiger partial charge on any atom is -0.844 e. The Morgan fingerprint density at radius 1 is 0.731 bits per heavy atom. The van der Waals surface area contributed by atoms with Gasteiger partial charge in [0.2, 0.25) is 0 Å².